The quantitative estimate of drug-likeness (QED) is 0.565. The highest BCUT2D eigenvalue weighted by Gasteiger charge is 1.91. The van der Waals surface area contributed by atoms with Gasteiger partial charge in [-0.2, -0.15) is 0 Å². The van der Waals surface area contributed by atoms with E-state index in [0.717, 1.165) is 10.9 Å². The Morgan fingerprint density at radius 3 is 2.67 bits per heavy atom. The Balaban J connectivity index is 3.01. The summed E-state index contributed by atoms with van der Waals surface area (Å²) in [6.07, 6.45) is 0. The van der Waals surface area contributed by atoms with E-state index >= 15 is 0 Å². The molecule has 12 heavy (non-hydrogen) atoms. The number of hydrogen-bond acceptors (Lipinski definition) is 2. The molecule has 0 saturated carbocycles. The maximum atomic E-state index is 11.1. The fourth-order valence-corrected chi connectivity index (χ4v) is 1.39. The van der Waals surface area contributed by atoms with E-state index in [0.29, 0.717) is 0 Å². The third kappa shape index (κ3) is 0.987. The zero-order valence-corrected chi connectivity index (χ0v) is 7.04. The summed E-state index contributed by atoms with van der Waals surface area (Å²) >= 11 is 4.90. The molecule has 0 fully saturated rings. The van der Waals surface area contributed by atoms with Crippen LogP contribution in [0.1, 0.15) is 0 Å². The van der Waals surface area contributed by atoms with Crippen molar-refractivity contribution < 1.29 is 0 Å². The van der Waals surface area contributed by atoms with Crippen LogP contribution in [0.2, 0.25) is 0 Å². The second-order valence-electron chi connectivity index (χ2n) is 2.52. The van der Waals surface area contributed by atoms with Crippen LogP contribution in [0, 0.1) is 0 Å². The summed E-state index contributed by atoms with van der Waals surface area (Å²) in [5.41, 5.74) is 0.642. The molecular weight excluding hydrogens is 170 g/mol. The van der Waals surface area contributed by atoms with Crippen LogP contribution in [0.25, 0.3) is 10.9 Å². The molecule has 0 spiro atoms. The van der Waals surface area contributed by atoms with Crippen LogP contribution in [-0.2, 0) is 12.8 Å². The normalized spacial score (nSPS) is 10.3. The van der Waals surface area contributed by atoms with Crippen LogP contribution < -0.4 is 5.56 Å². The number of nitrogens with zero attached hydrogens (tertiary/aromatic N) is 1. The molecule has 0 N–H and O–H groups in total. The minimum Gasteiger partial charge on any atom is -0.684 e. The van der Waals surface area contributed by atoms with Gasteiger partial charge in [0.1, 0.15) is 0 Å². The topological polar surface area (TPSA) is 22.0 Å². The lowest BCUT2D eigenvalue weighted by Gasteiger charge is -2.12. The average Bonchev–Trinajstić information content (AvgIpc) is 2.12. The van der Waals surface area contributed by atoms with Crippen LogP contribution in [0.5, 0.6) is 0 Å². The standard InChI is InChI=1S/C9H6NOS/c11-9-6-5-7-3-1-2-4-8(7)10(9)12/h1-6H/q-1. The molecule has 0 unspecified atom stereocenters. The summed E-state index contributed by atoms with van der Waals surface area (Å²) in [6, 6.07) is 10.8. The van der Waals surface area contributed by atoms with Gasteiger partial charge in [-0.3, -0.25) is 4.79 Å². The van der Waals surface area contributed by atoms with Gasteiger partial charge in [-0.05, 0) is 17.5 Å². The smallest absolute Gasteiger partial charge is 0.231 e. The molecule has 0 radical (unpaired) electrons. The number of benzene rings is 1. The third-order valence-corrected chi connectivity index (χ3v) is 2.14. The van der Waals surface area contributed by atoms with Crippen molar-refractivity contribution in [2.75, 3.05) is 0 Å². The monoisotopic (exact) mass is 176 g/mol. The average molecular weight is 176 g/mol. The van der Waals surface area contributed by atoms with Gasteiger partial charge in [0.25, 0.3) is 0 Å². The van der Waals surface area contributed by atoms with Gasteiger partial charge >= 0.3 is 0 Å². The number of para-hydroxylation sites is 1. The van der Waals surface area contributed by atoms with Gasteiger partial charge in [-0.15, -0.1) is 0 Å². The minimum absolute atomic E-state index is 0.149. The Bertz CT molecular complexity index is 475. The molecule has 1 aromatic heterocycles. The van der Waals surface area contributed by atoms with Crippen LogP contribution in [0.15, 0.2) is 41.2 Å². The zero-order valence-electron chi connectivity index (χ0n) is 6.23. The van der Waals surface area contributed by atoms with E-state index < -0.39 is 0 Å². The second-order valence-corrected chi connectivity index (χ2v) is 2.89. The SMILES string of the molecule is O=c1ccc2ccccc2n1[S-]. The molecule has 0 aliphatic rings. The van der Waals surface area contributed by atoms with Crippen LogP contribution in [0.3, 0.4) is 0 Å². The van der Waals surface area contributed by atoms with Crippen LogP contribution in [0.4, 0.5) is 0 Å². The molecule has 0 bridgehead atoms. The lowest BCUT2D eigenvalue weighted by molar-refractivity contribution is 1.22. The van der Waals surface area contributed by atoms with Crippen molar-refractivity contribution in [3.8, 4) is 0 Å². The van der Waals surface area contributed by atoms with Crippen molar-refractivity contribution in [2.24, 2.45) is 0 Å². The van der Waals surface area contributed by atoms with Crippen molar-refractivity contribution in [2.45, 2.75) is 0 Å². The summed E-state index contributed by atoms with van der Waals surface area (Å²) in [7, 11) is 0. The van der Waals surface area contributed by atoms with Gasteiger partial charge in [0.15, 0.2) is 0 Å². The number of fused-ring (bicyclic) bond motifs is 1. The van der Waals surface area contributed by atoms with E-state index in [-0.39, 0.29) is 5.56 Å². The second kappa shape index (κ2) is 2.60. The van der Waals surface area contributed by atoms with E-state index in [2.05, 4.69) is 0 Å². The maximum absolute atomic E-state index is 11.1. The number of pyridine rings is 1. The number of aromatic nitrogens is 1. The molecule has 0 amide bonds. The third-order valence-electron chi connectivity index (χ3n) is 1.76. The first-order chi connectivity index (χ1) is 5.79. The molecule has 1 heterocycles. The molecule has 1 aromatic carbocycles. The van der Waals surface area contributed by atoms with Gasteiger partial charge in [-0.25, -0.2) is 0 Å². The van der Waals surface area contributed by atoms with Gasteiger partial charge in [-0.1, -0.05) is 18.2 Å². The van der Waals surface area contributed by atoms with E-state index in [1.807, 2.05) is 24.3 Å². The molecule has 0 saturated heterocycles. The molecule has 0 aliphatic carbocycles. The fraction of sp³-hybridized carbons (Fsp3) is 0. The summed E-state index contributed by atoms with van der Waals surface area (Å²) in [4.78, 5) is 11.1. The first kappa shape index (κ1) is 7.31. The highest BCUT2D eigenvalue weighted by Crippen LogP contribution is 2.08. The van der Waals surface area contributed by atoms with E-state index in [1.165, 1.54) is 10.0 Å². The molecule has 0 aliphatic heterocycles. The van der Waals surface area contributed by atoms with Crippen LogP contribution >= 0.6 is 0 Å². The molecule has 0 atom stereocenters. The molecule has 2 nitrogen and oxygen atoms in total. The molecule has 60 valence electrons. The van der Waals surface area contributed by atoms with Crippen molar-refractivity contribution >= 4 is 23.7 Å². The largest absolute Gasteiger partial charge is 0.684 e. The van der Waals surface area contributed by atoms with Crippen LogP contribution in [-0.4, -0.2) is 3.97 Å². The minimum atomic E-state index is -0.149. The number of rotatable bonds is 0. The Morgan fingerprint density at radius 2 is 1.83 bits per heavy atom. The van der Waals surface area contributed by atoms with E-state index in [9.17, 15) is 4.79 Å². The van der Waals surface area contributed by atoms with E-state index in [4.69, 9.17) is 12.8 Å². The first-order valence-corrected chi connectivity index (χ1v) is 3.94. The summed E-state index contributed by atoms with van der Waals surface area (Å²) in [5.74, 6) is 0. The zero-order chi connectivity index (χ0) is 8.55. The molecule has 2 aromatic rings. The van der Waals surface area contributed by atoms with Crippen molar-refractivity contribution in [1.82, 2.24) is 3.97 Å². The van der Waals surface area contributed by atoms with Crippen molar-refractivity contribution in [3.63, 3.8) is 0 Å². The molecular formula is C9H6NOS-. The predicted molar refractivity (Wildman–Crippen MR) is 51.0 cm³/mol. The van der Waals surface area contributed by atoms with Crippen molar-refractivity contribution in [3.05, 3.63) is 46.8 Å². The van der Waals surface area contributed by atoms with Gasteiger partial charge in [0, 0.05) is 11.6 Å². The number of hydrogen-bond donors (Lipinski definition) is 0. The van der Waals surface area contributed by atoms with Gasteiger partial charge in [0.05, 0.1) is 0 Å². The summed E-state index contributed by atoms with van der Waals surface area (Å²) in [6.45, 7) is 0. The Kier molecular flexibility index (Phi) is 1.59. The summed E-state index contributed by atoms with van der Waals surface area (Å²) in [5, 5.41) is 0.993. The molecule has 3 heteroatoms. The lowest BCUT2D eigenvalue weighted by atomic mass is 10.2. The Labute approximate surface area is 75.0 Å². The first-order valence-electron chi connectivity index (χ1n) is 3.57. The fourth-order valence-electron chi connectivity index (χ4n) is 1.16. The highest BCUT2D eigenvalue weighted by atomic mass is 32.1. The molecule has 2 rings (SSSR count). The predicted octanol–water partition coefficient (Wildman–Crippen LogP) is 1.31. The maximum Gasteiger partial charge on any atom is 0.231 e. The Hall–Kier alpha value is -1.35. The Morgan fingerprint density at radius 1 is 1.08 bits per heavy atom. The lowest BCUT2D eigenvalue weighted by Crippen LogP contribution is -2.13. The summed E-state index contributed by atoms with van der Waals surface area (Å²) < 4.78 is 1.23. The van der Waals surface area contributed by atoms with Crippen molar-refractivity contribution in [1.29, 1.82) is 0 Å². The highest BCUT2D eigenvalue weighted by molar-refractivity contribution is 7.57. The van der Waals surface area contributed by atoms with Gasteiger partial charge < -0.3 is 16.8 Å². The van der Waals surface area contributed by atoms with E-state index in [1.54, 1.807) is 6.07 Å². The van der Waals surface area contributed by atoms with Gasteiger partial charge in [0.2, 0.25) is 5.56 Å².